The number of aryl methyl sites for hydroxylation is 1. The van der Waals surface area contributed by atoms with Gasteiger partial charge in [0, 0.05) is 30.4 Å². The van der Waals surface area contributed by atoms with Crippen LogP contribution in [0.3, 0.4) is 0 Å². The normalized spacial score (nSPS) is 14.8. The molecule has 0 atom stereocenters. The molecule has 0 aliphatic carbocycles. The van der Waals surface area contributed by atoms with Crippen molar-refractivity contribution in [3.8, 4) is 0 Å². The average molecular weight is 286 g/mol. The number of aromatic amines is 1. The Balaban J connectivity index is 1.69. The van der Waals surface area contributed by atoms with Gasteiger partial charge in [-0.25, -0.2) is 4.79 Å². The van der Waals surface area contributed by atoms with Gasteiger partial charge in [0.15, 0.2) is 0 Å². The number of fused-ring (bicyclic) bond motifs is 1. The van der Waals surface area contributed by atoms with E-state index in [0.29, 0.717) is 12.8 Å². The van der Waals surface area contributed by atoms with E-state index in [4.69, 9.17) is 5.11 Å². The van der Waals surface area contributed by atoms with Gasteiger partial charge in [-0.05, 0) is 43.0 Å². The second-order valence-corrected chi connectivity index (χ2v) is 5.50. The van der Waals surface area contributed by atoms with Crippen LogP contribution in [0, 0.1) is 0 Å². The van der Waals surface area contributed by atoms with E-state index in [9.17, 15) is 9.59 Å². The molecule has 110 valence electrons. The number of hydrogen-bond donors (Lipinski definition) is 2. The molecule has 1 aromatic carbocycles. The molecule has 2 N–H and O–H groups in total. The molecule has 1 amide bonds. The first-order valence-electron chi connectivity index (χ1n) is 7.26. The molecule has 0 unspecified atom stereocenters. The first-order chi connectivity index (χ1) is 10.1. The minimum absolute atomic E-state index is 0.190. The molecule has 21 heavy (non-hydrogen) atoms. The van der Waals surface area contributed by atoms with E-state index in [-0.39, 0.29) is 11.6 Å². The molecule has 1 aliphatic heterocycles. The lowest BCUT2D eigenvalue weighted by Gasteiger charge is -2.14. The summed E-state index contributed by atoms with van der Waals surface area (Å²) in [4.78, 5) is 27.7. The lowest BCUT2D eigenvalue weighted by molar-refractivity contribution is -0.130. The van der Waals surface area contributed by atoms with Crippen LogP contribution in [0.15, 0.2) is 24.3 Å². The number of nitrogens with zero attached hydrogens (tertiary/aromatic N) is 1. The summed E-state index contributed by atoms with van der Waals surface area (Å²) in [5, 5.41) is 9.84. The molecule has 2 heterocycles. The fourth-order valence-electron chi connectivity index (χ4n) is 2.83. The zero-order chi connectivity index (χ0) is 14.8. The highest BCUT2D eigenvalue weighted by Gasteiger charge is 2.17. The number of carboxylic acid groups (broad SMARTS) is 1. The molecule has 2 aromatic rings. The number of aromatic carboxylic acids is 1. The summed E-state index contributed by atoms with van der Waals surface area (Å²) in [6.07, 6.45) is 3.43. The van der Waals surface area contributed by atoms with Gasteiger partial charge in [0.05, 0.1) is 0 Å². The van der Waals surface area contributed by atoms with Crippen molar-refractivity contribution >= 4 is 22.8 Å². The third-order valence-corrected chi connectivity index (χ3v) is 4.00. The predicted octanol–water partition coefficient (Wildman–Crippen LogP) is 2.42. The Hall–Kier alpha value is -2.30. The molecule has 0 saturated carbocycles. The molecule has 5 heteroatoms. The van der Waals surface area contributed by atoms with Gasteiger partial charge in [0.25, 0.3) is 0 Å². The van der Waals surface area contributed by atoms with Crippen molar-refractivity contribution < 1.29 is 14.7 Å². The summed E-state index contributed by atoms with van der Waals surface area (Å²) in [5.41, 5.74) is 2.06. The lowest BCUT2D eigenvalue weighted by Crippen LogP contribution is -2.27. The van der Waals surface area contributed by atoms with Gasteiger partial charge < -0.3 is 15.0 Å². The number of nitrogens with one attached hydrogen (secondary N) is 1. The Morgan fingerprint density at radius 1 is 1.19 bits per heavy atom. The van der Waals surface area contributed by atoms with Crippen LogP contribution in [0.4, 0.5) is 0 Å². The topological polar surface area (TPSA) is 73.4 Å². The van der Waals surface area contributed by atoms with E-state index < -0.39 is 5.97 Å². The lowest BCUT2D eigenvalue weighted by atomic mass is 10.1. The summed E-state index contributed by atoms with van der Waals surface area (Å²) in [6, 6.07) is 7.40. The molecule has 1 aliphatic rings. The first kappa shape index (κ1) is 13.7. The van der Waals surface area contributed by atoms with Crippen molar-refractivity contribution in [1.82, 2.24) is 9.88 Å². The van der Waals surface area contributed by atoms with Gasteiger partial charge in [-0.15, -0.1) is 0 Å². The van der Waals surface area contributed by atoms with Crippen LogP contribution < -0.4 is 0 Å². The summed E-state index contributed by atoms with van der Waals surface area (Å²) in [6.45, 7) is 1.77. The monoisotopic (exact) mass is 286 g/mol. The number of hydrogen-bond acceptors (Lipinski definition) is 2. The smallest absolute Gasteiger partial charge is 0.352 e. The van der Waals surface area contributed by atoms with Crippen molar-refractivity contribution in [3.05, 3.63) is 35.5 Å². The molecule has 3 rings (SSSR count). The number of benzene rings is 1. The Kier molecular flexibility index (Phi) is 3.64. The SMILES string of the molecule is O=C(O)c1cc2cc(CCC(=O)N3CCCC3)ccc2[nH]1. The third kappa shape index (κ3) is 2.91. The Bertz CT molecular complexity index is 684. The van der Waals surface area contributed by atoms with E-state index in [0.717, 1.165) is 42.4 Å². The van der Waals surface area contributed by atoms with Crippen LogP contribution in [-0.4, -0.2) is 40.0 Å². The van der Waals surface area contributed by atoms with Crippen molar-refractivity contribution in [2.24, 2.45) is 0 Å². The molecule has 1 aromatic heterocycles. The number of amides is 1. The quantitative estimate of drug-likeness (QED) is 0.906. The van der Waals surface area contributed by atoms with Gasteiger partial charge >= 0.3 is 5.97 Å². The highest BCUT2D eigenvalue weighted by atomic mass is 16.4. The van der Waals surface area contributed by atoms with Crippen LogP contribution in [0.5, 0.6) is 0 Å². The van der Waals surface area contributed by atoms with Gasteiger partial charge in [-0.2, -0.15) is 0 Å². The van der Waals surface area contributed by atoms with E-state index in [1.54, 1.807) is 6.07 Å². The maximum absolute atomic E-state index is 12.0. The Labute approximate surface area is 122 Å². The minimum atomic E-state index is -0.961. The number of carbonyl (C=O) groups excluding carboxylic acids is 1. The third-order valence-electron chi connectivity index (χ3n) is 4.00. The van der Waals surface area contributed by atoms with E-state index in [1.165, 1.54) is 0 Å². The van der Waals surface area contributed by atoms with Crippen LogP contribution in [0.1, 0.15) is 35.3 Å². The molecule has 0 spiro atoms. The Morgan fingerprint density at radius 2 is 1.95 bits per heavy atom. The minimum Gasteiger partial charge on any atom is -0.477 e. The molecule has 0 bridgehead atoms. The fraction of sp³-hybridized carbons (Fsp3) is 0.375. The van der Waals surface area contributed by atoms with Gasteiger partial charge in [0.1, 0.15) is 5.69 Å². The molecule has 5 nitrogen and oxygen atoms in total. The zero-order valence-electron chi connectivity index (χ0n) is 11.8. The second kappa shape index (κ2) is 5.60. The van der Waals surface area contributed by atoms with Crippen LogP contribution in [-0.2, 0) is 11.2 Å². The summed E-state index contributed by atoms with van der Waals surface area (Å²) < 4.78 is 0. The van der Waals surface area contributed by atoms with E-state index in [2.05, 4.69) is 4.98 Å². The van der Waals surface area contributed by atoms with Crippen molar-refractivity contribution in [2.75, 3.05) is 13.1 Å². The summed E-state index contributed by atoms with van der Waals surface area (Å²) >= 11 is 0. The van der Waals surface area contributed by atoms with E-state index in [1.807, 2.05) is 23.1 Å². The second-order valence-electron chi connectivity index (χ2n) is 5.50. The standard InChI is InChI=1S/C16H18N2O3/c19-15(18-7-1-2-8-18)6-4-11-3-5-13-12(9-11)10-14(17-13)16(20)21/h3,5,9-10,17H,1-2,4,6-8H2,(H,20,21). The van der Waals surface area contributed by atoms with Crippen LogP contribution in [0.25, 0.3) is 10.9 Å². The highest BCUT2D eigenvalue weighted by molar-refractivity contribution is 5.93. The number of carbonyl (C=O) groups is 2. The number of likely N-dealkylation sites (tertiary alicyclic amines) is 1. The van der Waals surface area contributed by atoms with Crippen LogP contribution in [0.2, 0.25) is 0 Å². The average Bonchev–Trinajstić information content (AvgIpc) is 3.13. The van der Waals surface area contributed by atoms with Crippen molar-refractivity contribution in [2.45, 2.75) is 25.7 Å². The number of H-pyrrole nitrogens is 1. The summed E-state index contributed by atoms with van der Waals surface area (Å²) in [5.74, 6) is -0.746. The van der Waals surface area contributed by atoms with Gasteiger partial charge in [-0.3, -0.25) is 4.79 Å². The Morgan fingerprint density at radius 3 is 2.67 bits per heavy atom. The molecular formula is C16H18N2O3. The largest absolute Gasteiger partial charge is 0.477 e. The zero-order valence-corrected chi connectivity index (χ0v) is 11.8. The number of carboxylic acids is 1. The van der Waals surface area contributed by atoms with Gasteiger partial charge in [0.2, 0.25) is 5.91 Å². The number of aromatic nitrogens is 1. The molecular weight excluding hydrogens is 268 g/mol. The fourth-order valence-corrected chi connectivity index (χ4v) is 2.83. The molecule has 0 radical (unpaired) electrons. The molecule has 1 fully saturated rings. The maximum Gasteiger partial charge on any atom is 0.352 e. The first-order valence-corrected chi connectivity index (χ1v) is 7.26. The highest BCUT2D eigenvalue weighted by Crippen LogP contribution is 2.19. The van der Waals surface area contributed by atoms with Crippen LogP contribution >= 0.6 is 0 Å². The van der Waals surface area contributed by atoms with E-state index >= 15 is 0 Å². The molecule has 1 saturated heterocycles. The maximum atomic E-state index is 12.0. The predicted molar refractivity (Wildman–Crippen MR) is 79.4 cm³/mol. The van der Waals surface area contributed by atoms with Gasteiger partial charge in [-0.1, -0.05) is 6.07 Å². The van der Waals surface area contributed by atoms with Crippen molar-refractivity contribution in [3.63, 3.8) is 0 Å². The van der Waals surface area contributed by atoms with Crippen molar-refractivity contribution in [1.29, 1.82) is 0 Å². The summed E-state index contributed by atoms with van der Waals surface area (Å²) in [7, 11) is 0. The number of rotatable bonds is 4.